The molecule has 2 unspecified atom stereocenters. The van der Waals surface area contributed by atoms with Crippen LogP contribution in [0.5, 0.6) is 0 Å². The summed E-state index contributed by atoms with van der Waals surface area (Å²) in [7, 11) is -9.89. The first kappa shape index (κ1) is 85.1. The van der Waals surface area contributed by atoms with Crippen LogP contribution >= 0.6 is 15.6 Å². The number of aliphatic hydroxyl groups excluding tert-OH is 1. The van der Waals surface area contributed by atoms with E-state index in [-0.39, 0.29) is 25.7 Å². The van der Waals surface area contributed by atoms with Gasteiger partial charge in [0.05, 0.1) is 26.4 Å². The summed E-state index contributed by atoms with van der Waals surface area (Å²) >= 11 is 0. The van der Waals surface area contributed by atoms with Crippen LogP contribution in [-0.2, 0) is 65.4 Å². The summed E-state index contributed by atoms with van der Waals surface area (Å²) in [6.07, 6.45) is 47.1. The first-order valence-electron chi connectivity index (χ1n) is 35.6. The third-order valence-electron chi connectivity index (χ3n) is 15.8. The van der Waals surface area contributed by atoms with Crippen molar-refractivity contribution in [1.29, 1.82) is 0 Å². The van der Waals surface area contributed by atoms with Crippen molar-refractivity contribution in [3.8, 4) is 0 Å². The zero-order valence-corrected chi connectivity index (χ0v) is 57.9. The van der Waals surface area contributed by atoms with Crippen LogP contribution in [0.4, 0.5) is 0 Å². The van der Waals surface area contributed by atoms with Gasteiger partial charge in [0.2, 0.25) is 0 Å². The minimum atomic E-state index is -4.95. The summed E-state index contributed by atoms with van der Waals surface area (Å²) in [5.41, 5.74) is 0. The molecule has 0 bridgehead atoms. The Balaban J connectivity index is 5.24. The minimum Gasteiger partial charge on any atom is -0.462 e. The lowest BCUT2D eigenvalue weighted by Crippen LogP contribution is -2.30. The van der Waals surface area contributed by atoms with E-state index in [1.165, 1.54) is 173 Å². The van der Waals surface area contributed by atoms with E-state index in [1.807, 2.05) is 0 Å². The van der Waals surface area contributed by atoms with E-state index in [9.17, 15) is 43.2 Å². The van der Waals surface area contributed by atoms with E-state index in [4.69, 9.17) is 37.0 Å². The summed E-state index contributed by atoms with van der Waals surface area (Å²) in [4.78, 5) is 72.4. The van der Waals surface area contributed by atoms with Gasteiger partial charge in [-0.25, -0.2) is 9.13 Å². The molecule has 0 aliphatic rings. The number of esters is 4. The molecule has 5 atom stereocenters. The Morgan fingerprint density at radius 2 is 0.529 bits per heavy atom. The van der Waals surface area contributed by atoms with Crippen molar-refractivity contribution in [2.45, 2.75) is 368 Å². The number of hydrogen-bond donors (Lipinski definition) is 3. The molecule has 0 saturated heterocycles. The van der Waals surface area contributed by atoms with Gasteiger partial charge in [-0.05, 0) is 31.6 Å². The Kier molecular flexibility index (Phi) is 60.2. The molecule has 0 aliphatic heterocycles. The number of carbonyl (C=O) groups is 4. The SMILES string of the molecule is CCCCCCCCCCCCCCCCC(=O)O[C@H](COC(=O)CCCCCCCCCCCCCCC)COP(=O)(O)OC[C@@H](O)COP(=O)(O)OC[C@@H](COC(=O)CCCCCCCCCCC)OC(=O)CCCCCCCCCCC(C)C. The highest BCUT2D eigenvalue weighted by Crippen LogP contribution is 2.45. The molecule has 0 rings (SSSR count). The molecule has 19 heteroatoms. The van der Waals surface area contributed by atoms with E-state index >= 15 is 0 Å². The zero-order chi connectivity index (χ0) is 64.2. The summed E-state index contributed by atoms with van der Waals surface area (Å²) in [5, 5.41) is 10.6. The second kappa shape index (κ2) is 61.6. The van der Waals surface area contributed by atoms with Crippen LogP contribution in [0.2, 0.25) is 0 Å². The molecule has 17 nitrogen and oxygen atoms in total. The fourth-order valence-corrected chi connectivity index (χ4v) is 11.9. The lowest BCUT2D eigenvalue weighted by atomic mass is 10.0. The maximum atomic E-state index is 13.0. The van der Waals surface area contributed by atoms with Crippen LogP contribution in [0.25, 0.3) is 0 Å². The summed E-state index contributed by atoms with van der Waals surface area (Å²) in [6.45, 7) is 7.18. The van der Waals surface area contributed by atoms with Gasteiger partial charge >= 0.3 is 39.5 Å². The van der Waals surface area contributed by atoms with E-state index in [2.05, 4.69) is 34.6 Å². The lowest BCUT2D eigenvalue weighted by Gasteiger charge is -2.21. The predicted octanol–water partition coefficient (Wildman–Crippen LogP) is 19.4. The molecule has 0 saturated carbocycles. The molecule has 3 N–H and O–H groups in total. The molecule has 87 heavy (non-hydrogen) atoms. The third kappa shape index (κ3) is 62.6. The molecule has 0 aromatic rings. The minimum absolute atomic E-state index is 0.105. The van der Waals surface area contributed by atoms with E-state index in [1.54, 1.807) is 0 Å². The third-order valence-corrected chi connectivity index (χ3v) is 17.7. The molecule has 0 radical (unpaired) electrons. The van der Waals surface area contributed by atoms with Crippen LogP contribution in [0.3, 0.4) is 0 Å². The maximum absolute atomic E-state index is 13.0. The van der Waals surface area contributed by atoms with Gasteiger partial charge in [0.1, 0.15) is 19.3 Å². The highest BCUT2D eigenvalue weighted by Gasteiger charge is 2.30. The number of ether oxygens (including phenoxy) is 4. The van der Waals surface area contributed by atoms with E-state index in [0.717, 1.165) is 95.8 Å². The smallest absolute Gasteiger partial charge is 0.462 e. The monoisotopic (exact) mass is 1280 g/mol. The Hall–Kier alpha value is -1.94. The van der Waals surface area contributed by atoms with Crippen molar-refractivity contribution in [2.24, 2.45) is 5.92 Å². The second-order valence-electron chi connectivity index (χ2n) is 25.0. The highest BCUT2D eigenvalue weighted by atomic mass is 31.2. The standard InChI is InChI=1S/C68H132O17P2/c1-6-9-12-15-18-21-23-25-27-29-32-38-43-48-53-67(72)84-63(58-79-66(71)52-47-42-37-31-28-26-24-22-19-16-13-10-7-2)59-82-86(74,75)80-55-62(69)56-81-87(76,77)83-60-64(57-78-65(70)51-46-41-36-30-20-17-14-11-8-3)85-68(73)54-49-44-39-34-33-35-40-45-50-61(4)5/h61-64,69H,6-60H2,1-5H3,(H,74,75)(H,76,77)/t62-,63-,64-/m1/s1. The number of phosphoric acid groups is 2. The van der Waals surface area contributed by atoms with Gasteiger partial charge in [-0.1, -0.05) is 298 Å². The Labute approximate surface area is 530 Å². The molecule has 0 aromatic heterocycles. The molecule has 0 amide bonds. The zero-order valence-electron chi connectivity index (χ0n) is 56.2. The first-order chi connectivity index (χ1) is 42.0. The molecule has 0 heterocycles. The fourth-order valence-electron chi connectivity index (χ4n) is 10.3. The number of carbonyl (C=O) groups excluding carboxylic acids is 4. The average Bonchev–Trinajstić information content (AvgIpc) is 3.70. The van der Waals surface area contributed by atoms with Gasteiger partial charge in [0.25, 0.3) is 0 Å². The van der Waals surface area contributed by atoms with Crippen molar-refractivity contribution >= 4 is 39.5 Å². The maximum Gasteiger partial charge on any atom is 0.472 e. The van der Waals surface area contributed by atoms with E-state index in [0.29, 0.717) is 25.7 Å². The molecule has 0 spiro atoms. The van der Waals surface area contributed by atoms with Crippen LogP contribution in [0, 0.1) is 5.92 Å². The quantitative estimate of drug-likeness (QED) is 0.0222. The van der Waals surface area contributed by atoms with Crippen molar-refractivity contribution in [1.82, 2.24) is 0 Å². The Bertz CT molecular complexity index is 1690. The summed E-state index contributed by atoms with van der Waals surface area (Å²) in [6, 6.07) is 0. The molecule has 516 valence electrons. The number of unbranched alkanes of at least 4 members (excludes halogenated alkanes) is 40. The molecule has 0 aromatic carbocycles. The van der Waals surface area contributed by atoms with Crippen molar-refractivity contribution in [3.63, 3.8) is 0 Å². The van der Waals surface area contributed by atoms with Gasteiger partial charge in [-0.2, -0.15) is 0 Å². The van der Waals surface area contributed by atoms with Crippen molar-refractivity contribution in [3.05, 3.63) is 0 Å². The number of phosphoric ester groups is 2. The number of aliphatic hydroxyl groups is 1. The number of hydrogen-bond acceptors (Lipinski definition) is 15. The average molecular weight is 1280 g/mol. The van der Waals surface area contributed by atoms with Gasteiger partial charge < -0.3 is 33.8 Å². The highest BCUT2D eigenvalue weighted by molar-refractivity contribution is 7.47. The Morgan fingerprint density at radius 3 is 0.782 bits per heavy atom. The van der Waals surface area contributed by atoms with Gasteiger partial charge in [-0.15, -0.1) is 0 Å². The lowest BCUT2D eigenvalue weighted by molar-refractivity contribution is -0.161. The van der Waals surface area contributed by atoms with Gasteiger partial charge in [0, 0.05) is 25.7 Å². The fraction of sp³-hybridized carbons (Fsp3) is 0.941. The number of rotatable bonds is 68. The summed E-state index contributed by atoms with van der Waals surface area (Å²) < 4.78 is 68.2. The van der Waals surface area contributed by atoms with Crippen molar-refractivity contribution in [2.75, 3.05) is 39.6 Å². The van der Waals surface area contributed by atoms with Crippen LogP contribution in [0.15, 0.2) is 0 Å². The normalized spacial score (nSPS) is 14.1. The first-order valence-corrected chi connectivity index (χ1v) is 38.6. The Morgan fingerprint density at radius 1 is 0.310 bits per heavy atom. The molecule has 0 aliphatic carbocycles. The topological polar surface area (TPSA) is 237 Å². The molecule has 0 fully saturated rings. The largest absolute Gasteiger partial charge is 0.472 e. The predicted molar refractivity (Wildman–Crippen MR) is 349 cm³/mol. The van der Waals surface area contributed by atoms with E-state index < -0.39 is 97.5 Å². The van der Waals surface area contributed by atoms with Crippen molar-refractivity contribution < 1.29 is 80.2 Å². The van der Waals surface area contributed by atoms with Crippen LogP contribution < -0.4 is 0 Å². The van der Waals surface area contributed by atoms with Crippen LogP contribution in [-0.4, -0.2) is 96.7 Å². The summed E-state index contributed by atoms with van der Waals surface area (Å²) in [5.74, 6) is -1.41. The van der Waals surface area contributed by atoms with Crippen LogP contribution in [0.1, 0.15) is 349 Å². The van der Waals surface area contributed by atoms with Gasteiger partial charge in [0.15, 0.2) is 12.2 Å². The van der Waals surface area contributed by atoms with Gasteiger partial charge in [-0.3, -0.25) is 37.3 Å². The molecular formula is C68H132O17P2. The molecular weight excluding hydrogens is 1150 g/mol. The second-order valence-corrected chi connectivity index (χ2v) is 27.9.